The number of halogens is 3. The first-order chi connectivity index (χ1) is 6.86. The first-order valence-corrected chi connectivity index (χ1v) is 5.15. The number of ether oxygens (including phenoxy) is 1. The van der Waals surface area contributed by atoms with Gasteiger partial charge in [-0.15, -0.1) is 0 Å². The number of thioether (sulfide) groups is 1. The fourth-order valence-corrected chi connectivity index (χ4v) is 1.72. The number of allylic oxidation sites excluding steroid dienone is 1. The lowest BCUT2D eigenvalue weighted by atomic mass is 10.1. The fraction of sp³-hybridized carbons (Fsp3) is 0.444. The van der Waals surface area contributed by atoms with E-state index in [-0.39, 0.29) is 11.3 Å². The molecule has 0 aliphatic carbocycles. The molecule has 0 amide bonds. The van der Waals surface area contributed by atoms with Crippen molar-refractivity contribution in [3.05, 3.63) is 24.0 Å². The number of alkyl halides is 3. The number of hydrogen-bond donors (Lipinski definition) is 0. The van der Waals surface area contributed by atoms with E-state index in [0.717, 1.165) is 17.8 Å². The first-order valence-electron chi connectivity index (χ1n) is 4.17. The largest absolute Gasteiger partial charge is 0.477 e. The SMILES string of the molecule is C=C1C=C(C(=O)SCC)C(C(F)(F)F)O1. The van der Waals surface area contributed by atoms with Crippen LogP contribution in [0.4, 0.5) is 13.2 Å². The van der Waals surface area contributed by atoms with Crippen LogP contribution in [0.5, 0.6) is 0 Å². The van der Waals surface area contributed by atoms with Crippen molar-refractivity contribution in [2.24, 2.45) is 0 Å². The quantitative estimate of drug-likeness (QED) is 0.739. The lowest BCUT2D eigenvalue weighted by Crippen LogP contribution is -2.32. The van der Waals surface area contributed by atoms with Gasteiger partial charge in [0.25, 0.3) is 0 Å². The molecule has 1 rings (SSSR count). The molecule has 2 nitrogen and oxygen atoms in total. The summed E-state index contributed by atoms with van der Waals surface area (Å²) in [5, 5.41) is -0.613. The average molecular weight is 238 g/mol. The van der Waals surface area contributed by atoms with E-state index < -0.39 is 17.4 Å². The number of hydrogen-bond acceptors (Lipinski definition) is 3. The van der Waals surface area contributed by atoms with Crippen LogP contribution in [0.3, 0.4) is 0 Å². The summed E-state index contributed by atoms with van der Waals surface area (Å²) in [6.45, 7) is 4.94. The van der Waals surface area contributed by atoms with Gasteiger partial charge >= 0.3 is 6.18 Å². The van der Waals surface area contributed by atoms with Crippen LogP contribution < -0.4 is 0 Å². The molecule has 1 aliphatic rings. The summed E-state index contributed by atoms with van der Waals surface area (Å²) in [7, 11) is 0. The monoisotopic (exact) mass is 238 g/mol. The van der Waals surface area contributed by atoms with Crippen LogP contribution in [0.1, 0.15) is 6.92 Å². The maximum Gasteiger partial charge on any atom is 0.429 e. The molecule has 1 unspecified atom stereocenters. The van der Waals surface area contributed by atoms with Crippen LogP contribution in [-0.2, 0) is 9.53 Å². The van der Waals surface area contributed by atoms with Crippen LogP contribution in [0.15, 0.2) is 24.0 Å². The van der Waals surface area contributed by atoms with Crippen LogP contribution in [0.2, 0.25) is 0 Å². The standard InChI is InChI=1S/C9H9F3O2S/c1-3-15-8(13)6-4-5(2)14-7(6)9(10,11)12/h4,7H,2-3H2,1H3. The third kappa shape index (κ3) is 2.77. The maximum absolute atomic E-state index is 12.4. The molecule has 0 aromatic heterocycles. The predicted octanol–water partition coefficient (Wildman–Crippen LogP) is 2.67. The van der Waals surface area contributed by atoms with Crippen molar-refractivity contribution >= 4 is 16.9 Å². The molecule has 15 heavy (non-hydrogen) atoms. The molecule has 84 valence electrons. The zero-order valence-corrected chi connectivity index (χ0v) is 8.74. The molecule has 1 atom stereocenters. The summed E-state index contributed by atoms with van der Waals surface area (Å²) in [5.41, 5.74) is -0.376. The van der Waals surface area contributed by atoms with Gasteiger partial charge in [0.05, 0.1) is 5.57 Å². The van der Waals surface area contributed by atoms with E-state index in [1.807, 2.05) is 0 Å². The zero-order valence-electron chi connectivity index (χ0n) is 7.93. The van der Waals surface area contributed by atoms with E-state index in [1.54, 1.807) is 6.92 Å². The second-order valence-electron chi connectivity index (χ2n) is 2.83. The van der Waals surface area contributed by atoms with Crippen molar-refractivity contribution in [3.8, 4) is 0 Å². The molecule has 0 aromatic carbocycles. The molecule has 1 aliphatic heterocycles. The molecule has 0 N–H and O–H groups in total. The van der Waals surface area contributed by atoms with Gasteiger partial charge in [0.1, 0.15) is 5.76 Å². The number of carbonyl (C=O) groups excluding carboxylic acids is 1. The van der Waals surface area contributed by atoms with Crippen molar-refractivity contribution in [2.45, 2.75) is 19.2 Å². The Morgan fingerprint density at radius 3 is 2.73 bits per heavy atom. The molecule has 6 heteroatoms. The normalized spacial score (nSPS) is 21.2. The van der Waals surface area contributed by atoms with Crippen molar-refractivity contribution in [1.82, 2.24) is 0 Å². The van der Waals surface area contributed by atoms with E-state index in [0.29, 0.717) is 5.75 Å². The maximum atomic E-state index is 12.4. The Morgan fingerprint density at radius 1 is 1.67 bits per heavy atom. The molecule has 0 aromatic rings. The highest BCUT2D eigenvalue weighted by Crippen LogP contribution is 2.36. The molecule has 0 saturated heterocycles. The predicted molar refractivity (Wildman–Crippen MR) is 51.3 cm³/mol. The average Bonchev–Trinajstić information content (AvgIpc) is 2.47. The summed E-state index contributed by atoms with van der Waals surface area (Å²) in [6.07, 6.45) is -5.69. The molecule has 0 fully saturated rings. The highest BCUT2D eigenvalue weighted by atomic mass is 32.2. The van der Waals surface area contributed by atoms with Gasteiger partial charge in [-0.05, 0) is 11.8 Å². The number of rotatable bonds is 2. The van der Waals surface area contributed by atoms with Gasteiger partial charge in [0.15, 0.2) is 0 Å². The second-order valence-corrected chi connectivity index (χ2v) is 4.06. The number of carbonyl (C=O) groups is 1. The van der Waals surface area contributed by atoms with Gasteiger partial charge in [-0.25, -0.2) is 0 Å². The van der Waals surface area contributed by atoms with Crippen LogP contribution >= 0.6 is 11.8 Å². The molecular weight excluding hydrogens is 229 g/mol. The van der Waals surface area contributed by atoms with Crippen LogP contribution in [0.25, 0.3) is 0 Å². The van der Waals surface area contributed by atoms with Gasteiger partial charge in [-0.2, -0.15) is 13.2 Å². The Kier molecular flexibility index (Phi) is 3.49. The first kappa shape index (κ1) is 12.2. The fourth-order valence-electron chi connectivity index (χ4n) is 1.12. The van der Waals surface area contributed by atoms with Crippen molar-refractivity contribution < 1.29 is 22.7 Å². The third-order valence-corrected chi connectivity index (χ3v) is 2.46. The molecule has 0 saturated carbocycles. The molecule has 0 bridgehead atoms. The van der Waals surface area contributed by atoms with Gasteiger partial charge in [0.2, 0.25) is 11.2 Å². The highest BCUT2D eigenvalue weighted by molar-refractivity contribution is 8.14. The summed E-state index contributed by atoms with van der Waals surface area (Å²) >= 11 is 0.822. The molecule has 0 spiro atoms. The van der Waals surface area contributed by atoms with E-state index in [1.165, 1.54) is 0 Å². The minimum Gasteiger partial charge on any atom is -0.477 e. The smallest absolute Gasteiger partial charge is 0.429 e. The Bertz CT molecular complexity index is 320. The van der Waals surface area contributed by atoms with Gasteiger partial charge in [-0.3, -0.25) is 4.79 Å². The minimum absolute atomic E-state index is 0.127. The Labute approximate surface area is 89.2 Å². The van der Waals surface area contributed by atoms with E-state index in [2.05, 4.69) is 11.3 Å². The molecule has 0 radical (unpaired) electrons. The zero-order chi connectivity index (χ0) is 11.6. The highest BCUT2D eigenvalue weighted by Gasteiger charge is 2.48. The van der Waals surface area contributed by atoms with Crippen LogP contribution in [0, 0.1) is 0 Å². The van der Waals surface area contributed by atoms with E-state index >= 15 is 0 Å². The second kappa shape index (κ2) is 4.30. The Morgan fingerprint density at radius 2 is 2.27 bits per heavy atom. The summed E-state index contributed by atoms with van der Waals surface area (Å²) in [6, 6.07) is 0. The Balaban J connectivity index is 2.89. The van der Waals surface area contributed by atoms with Crippen molar-refractivity contribution in [3.63, 3.8) is 0 Å². The summed E-state index contributed by atoms with van der Waals surface area (Å²) < 4.78 is 41.7. The van der Waals surface area contributed by atoms with Crippen molar-refractivity contribution in [2.75, 3.05) is 5.75 Å². The summed E-state index contributed by atoms with van der Waals surface area (Å²) in [4.78, 5) is 11.3. The third-order valence-electron chi connectivity index (χ3n) is 1.68. The Hall–Kier alpha value is -0.910. The van der Waals surface area contributed by atoms with Crippen molar-refractivity contribution in [1.29, 1.82) is 0 Å². The van der Waals surface area contributed by atoms with Crippen LogP contribution in [-0.4, -0.2) is 23.1 Å². The minimum atomic E-state index is -4.57. The lowest BCUT2D eigenvalue weighted by molar-refractivity contribution is -0.192. The van der Waals surface area contributed by atoms with Gasteiger partial charge in [-0.1, -0.05) is 25.3 Å². The van der Waals surface area contributed by atoms with Gasteiger partial charge < -0.3 is 4.74 Å². The molecular formula is C9H9F3O2S. The van der Waals surface area contributed by atoms with E-state index in [4.69, 9.17) is 0 Å². The van der Waals surface area contributed by atoms with E-state index in [9.17, 15) is 18.0 Å². The topological polar surface area (TPSA) is 26.3 Å². The summed E-state index contributed by atoms with van der Waals surface area (Å²) in [5.74, 6) is 0.296. The molecule has 1 heterocycles. The lowest BCUT2D eigenvalue weighted by Gasteiger charge is -2.17. The van der Waals surface area contributed by atoms with Gasteiger partial charge in [0, 0.05) is 0 Å².